The van der Waals surface area contributed by atoms with Gasteiger partial charge in [0.25, 0.3) is 0 Å². The Bertz CT molecular complexity index is 1140. The average molecular weight is 357 g/mol. The van der Waals surface area contributed by atoms with Gasteiger partial charge in [0.15, 0.2) is 5.82 Å². The Morgan fingerprint density at radius 1 is 0.926 bits per heavy atom. The summed E-state index contributed by atoms with van der Waals surface area (Å²) < 4.78 is 10.4. The van der Waals surface area contributed by atoms with Crippen LogP contribution in [0.15, 0.2) is 53.4 Å². The molecule has 0 saturated carbocycles. The van der Waals surface area contributed by atoms with E-state index in [4.69, 9.17) is 9.37 Å². The van der Waals surface area contributed by atoms with Crippen LogP contribution in [0, 0.1) is 11.3 Å². The largest absolute Gasteiger partial charge is 0.490 e. The SMILES string of the molecule is CC(C)Oc1ccc(-c2ncc(-c3ccc4nonc4c3)cn2)cc1C#N. The minimum Gasteiger partial charge on any atom is -0.490 e. The third-order valence-corrected chi connectivity index (χ3v) is 3.96. The van der Waals surface area contributed by atoms with Gasteiger partial charge in [-0.05, 0) is 60.1 Å². The van der Waals surface area contributed by atoms with Crippen molar-refractivity contribution in [2.45, 2.75) is 20.0 Å². The maximum Gasteiger partial charge on any atom is 0.159 e. The number of nitrogens with zero attached hydrogens (tertiary/aromatic N) is 5. The van der Waals surface area contributed by atoms with Gasteiger partial charge < -0.3 is 4.74 Å². The van der Waals surface area contributed by atoms with Gasteiger partial charge in [-0.15, -0.1) is 0 Å². The summed E-state index contributed by atoms with van der Waals surface area (Å²) in [4.78, 5) is 8.88. The average Bonchev–Trinajstić information content (AvgIpc) is 3.16. The smallest absolute Gasteiger partial charge is 0.159 e. The van der Waals surface area contributed by atoms with Gasteiger partial charge in [-0.1, -0.05) is 6.07 Å². The van der Waals surface area contributed by atoms with Crippen LogP contribution in [0.5, 0.6) is 5.75 Å². The molecule has 7 heteroatoms. The first-order valence-corrected chi connectivity index (χ1v) is 8.40. The van der Waals surface area contributed by atoms with E-state index in [1.165, 1.54) is 0 Å². The molecule has 0 aliphatic rings. The van der Waals surface area contributed by atoms with E-state index in [0.29, 0.717) is 28.2 Å². The Morgan fingerprint density at radius 2 is 1.67 bits per heavy atom. The third kappa shape index (κ3) is 3.33. The lowest BCUT2D eigenvalue weighted by Gasteiger charge is -2.12. The first-order valence-electron chi connectivity index (χ1n) is 8.40. The summed E-state index contributed by atoms with van der Waals surface area (Å²) in [6, 6.07) is 13.1. The number of hydrogen-bond acceptors (Lipinski definition) is 7. The fourth-order valence-electron chi connectivity index (χ4n) is 2.70. The van der Waals surface area contributed by atoms with Crippen molar-refractivity contribution in [3.05, 3.63) is 54.4 Å². The van der Waals surface area contributed by atoms with Gasteiger partial charge in [0.1, 0.15) is 22.9 Å². The molecule has 27 heavy (non-hydrogen) atoms. The van der Waals surface area contributed by atoms with E-state index < -0.39 is 0 Å². The monoisotopic (exact) mass is 357 g/mol. The number of benzene rings is 2. The molecular formula is C20H15N5O2. The molecule has 4 aromatic rings. The summed E-state index contributed by atoms with van der Waals surface area (Å²) in [7, 11) is 0. The van der Waals surface area contributed by atoms with E-state index in [1.54, 1.807) is 24.5 Å². The van der Waals surface area contributed by atoms with Crippen LogP contribution in [0.4, 0.5) is 0 Å². The van der Waals surface area contributed by atoms with Gasteiger partial charge in [-0.2, -0.15) is 5.26 Å². The van der Waals surface area contributed by atoms with Crippen LogP contribution in [0.1, 0.15) is 19.4 Å². The van der Waals surface area contributed by atoms with Crippen LogP contribution in [0.2, 0.25) is 0 Å². The topological polar surface area (TPSA) is 97.7 Å². The molecule has 2 aromatic carbocycles. The number of hydrogen-bond donors (Lipinski definition) is 0. The molecule has 2 heterocycles. The maximum absolute atomic E-state index is 9.37. The Balaban J connectivity index is 1.64. The molecule has 0 fully saturated rings. The minimum atomic E-state index is -0.00395. The van der Waals surface area contributed by atoms with Crippen LogP contribution < -0.4 is 4.74 Å². The van der Waals surface area contributed by atoms with Crippen molar-refractivity contribution < 1.29 is 9.37 Å². The first kappa shape index (κ1) is 16.7. The second kappa shape index (κ2) is 6.84. The molecule has 0 bridgehead atoms. The summed E-state index contributed by atoms with van der Waals surface area (Å²) in [5, 5.41) is 17.0. The highest BCUT2D eigenvalue weighted by Gasteiger charge is 2.10. The summed E-state index contributed by atoms with van der Waals surface area (Å²) in [6.45, 7) is 3.84. The zero-order valence-electron chi connectivity index (χ0n) is 14.7. The molecule has 4 rings (SSSR count). The fraction of sp³-hybridized carbons (Fsp3) is 0.150. The Hall–Kier alpha value is -3.79. The van der Waals surface area contributed by atoms with E-state index >= 15 is 0 Å². The fourth-order valence-corrected chi connectivity index (χ4v) is 2.70. The number of nitriles is 1. The number of aromatic nitrogens is 4. The minimum absolute atomic E-state index is 0.00395. The highest BCUT2D eigenvalue weighted by Crippen LogP contribution is 2.27. The molecule has 0 atom stereocenters. The van der Waals surface area contributed by atoms with Gasteiger partial charge in [0.2, 0.25) is 0 Å². The van der Waals surface area contributed by atoms with Gasteiger partial charge in [-0.25, -0.2) is 14.6 Å². The standard InChI is InChI=1S/C20H15N5O2/c1-12(2)26-19-6-4-14(7-15(19)9-21)20-22-10-16(11-23-20)13-3-5-17-18(8-13)25-27-24-17/h3-8,10-12H,1-2H3. The summed E-state index contributed by atoms with van der Waals surface area (Å²) >= 11 is 0. The molecule has 7 nitrogen and oxygen atoms in total. The number of fused-ring (bicyclic) bond motifs is 1. The highest BCUT2D eigenvalue weighted by molar-refractivity contribution is 5.80. The van der Waals surface area contributed by atoms with Gasteiger partial charge in [0, 0.05) is 23.5 Å². The van der Waals surface area contributed by atoms with Gasteiger partial charge in [0.05, 0.1) is 11.7 Å². The van der Waals surface area contributed by atoms with Crippen molar-refractivity contribution in [1.29, 1.82) is 5.26 Å². The maximum atomic E-state index is 9.37. The molecule has 0 saturated heterocycles. The van der Waals surface area contributed by atoms with E-state index in [0.717, 1.165) is 16.7 Å². The van der Waals surface area contributed by atoms with Crippen molar-refractivity contribution in [3.63, 3.8) is 0 Å². The van der Waals surface area contributed by atoms with Crippen LogP contribution >= 0.6 is 0 Å². The van der Waals surface area contributed by atoms with Gasteiger partial charge in [-0.3, -0.25) is 0 Å². The molecule has 132 valence electrons. The second-order valence-electron chi connectivity index (χ2n) is 6.25. The Labute approximate surface area is 155 Å². The predicted molar refractivity (Wildman–Crippen MR) is 98.7 cm³/mol. The lowest BCUT2D eigenvalue weighted by Crippen LogP contribution is -2.06. The first-order chi connectivity index (χ1) is 13.1. The highest BCUT2D eigenvalue weighted by atomic mass is 16.6. The van der Waals surface area contributed by atoms with E-state index in [1.807, 2.05) is 38.1 Å². The Kier molecular flexibility index (Phi) is 4.22. The van der Waals surface area contributed by atoms with Crippen molar-refractivity contribution in [2.24, 2.45) is 0 Å². The molecule has 2 aromatic heterocycles. The lowest BCUT2D eigenvalue weighted by molar-refractivity contribution is 0.242. The molecule has 0 N–H and O–H groups in total. The van der Waals surface area contributed by atoms with Crippen molar-refractivity contribution in [2.75, 3.05) is 0 Å². The molecule has 0 aliphatic heterocycles. The molecule has 0 amide bonds. The third-order valence-electron chi connectivity index (χ3n) is 3.96. The quantitative estimate of drug-likeness (QED) is 0.544. The molecule has 0 radical (unpaired) electrons. The van der Waals surface area contributed by atoms with Crippen LogP contribution in [-0.4, -0.2) is 26.4 Å². The molecule has 0 spiro atoms. The zero-order chi connectivity index (χ0) is 18.8. The number of rotatable bonds is 4. The van der Waals surface area contributed by atoms with E-state index in [2.05, 4.69) is 26.4 Å². The Morgan fingerprint density at radius 3 is 2.41 bits per heavy atom. The molecule has 0 unspecified atom stereocenters. The molecule has 0 aliphatic carbocycles. The van der Waals surface area contributed by atoms with Crippen LogP contribution in [-0.2, 0) is 0 Å². The van der Waals surface area contributed by atoms with Crippen LogP contribution in [0.25, 0.3) is 33.5 Å². The summed E-state index contributed by atoms with van der Waals surface area (Å²) in [5.74, 6) is 1.10. The van der Waals surface area contributed by atoms with Gasteiger partial charge >= 0.3 is 0 Å². The van der Waals surface area contributed by atoms with Crippen LogP contribution in [0.3, 0.4) is 0 Å². The van der Waals surface area contributed by atoms with Crippen molar-refractivity contribution >= 4 is 11.0 Å². The second-order valence-corrected chi connectivity index (χ2v) is 6.25. The zero-order valence-corrected chi connectivity index (χ0v) is 14.7. The van der Waals surface area contributed by atoms with E-state index in [9.17, 15) is 5.26 Å². The summed E-state index contributed by atoms with van der Waals surface area (Å²) in [6.07, 6.45) is 3.47. The van der Waals surface area contributed by atoms with Crippen molar-refractivity contribution in [1.82, 2.24) is 20.3 Å². The lowest BCUT2D eigenvalue weighted by atomic mass is 10.1. The van der Waals surface area contributed by atoms with E-state index in [-0.39, 0.29) is 6.10 Å². The van der Waals surface area contributed by atoms with Crippen molar-refractivity contribution in [3.8, 4) is 34.3 Å². The molecular weight excluding hydrogens is 342 g/mol. The normalized spacial score (nSPS) is 10.9. The number of ether oxygens (including phenoxy) is 1. The predicted octanol–water partition coefficient (Wildman–Crippen LogP) is 4.01. The summed E-state index contributed by atoms with van der Waals surface area (Å²) in [5.41, 5.74) is 4.36.